The summed E-state index contributed by atoms with van der Waals surface area (Å²) in [6.45, 7) is 10.0. The van der Waals surface area contributed by atoms with Gasteiger partial charge in [0, 0.05) is 23.5 Å². The van der Waals surface area contributed by atoms with Gasteiger partial charge in [0.05, 0.1) is 15.8 Å². The molecule has 25 heavy (non-hydrogen) atoms. The summed E-state index contributed by atoms with van der Waals surface area (Å²) in [6.07, 6.45) is 2.49. The molecule has 1 heterocycles. The summed E-state index contributed by atoms with van der Waals surface area (Å²) in [5.74, 6) is 0.763. The molecule has 0 amide bonds. The maximum atomic E-state index is 13.0. The van der Waals surface area contributed by atoms with Crippen LogP contribution in [0.4, 0.5) is 0 Å². The molecule has 0 aliphatic heterocycles. The summed E-state index contributed by atoms with van der Waals surface area (Å²) in [5, 5.41) is 0.216. The van der Waals surface area contributed by atoms with Gasteiger partial charge in [-0.1, -0.05) is 46.2 Å². The van der Waals surface area contributed by atoms with E-state index in [1.54, 1.807) is 12.1 Å². The van der Waals surface area contributed by atoms with Crippen molar-refractivity contribution in [2.45, 2.75) is 75.9 Å². The Kier molecular flexibility index (Phi) is 6.44. The molecule has 0 spiro atoms. The molecule has 0 radical (unpaired) electrons. The first-order chi connectivity index (χ1) is 11.8. The number of carbonyl (C=O) groups excluding carboxylic acids is 1. The van der Waals surface area contributed by atoms with Gasteiger partial charge >= 0.3 is 0 Å². The second kappa shape index (κ2) is 8.00. The van der Waals surface area contributed by atoms with E-state index in [-0.39, 0.29) is 16.4 Å². The molecule has 138 valence electrons. The summed E-state index contributed by atoms with van der Waals surface area (Å²) in [7, 11) is -1.38. The van der Waals surface area contributed by atoms with Crippen molar-refractivity contribution in [2.24, 2.45) is 0 Å². The van der Waals surface area contributed by atoms with Crippen LogP contribution in [-0.4, -0.2) is 20.2 Å². The molecular formula is C19H26ClNO3S. The molecule has 2 aromatic rings. The summed E-state index contributed by atoms with van der Waals surface area (Å²) >= 11 is 6.31. The smallest absolute Gasteiger partial charge is 0.200 e. The molecule has 2 unspecified atom stereocenters. The maximum Gasteiger partial charge on any atom is 0.200 e. The summed E-state index contributed by atoms with van der Waals surface area (Å²) in [4.78, 5) is 16.7. The van der Waals surface area contributed by atoms with Crippen LogP contribution >= 0.6 is 11.6 Å². The number of nitrogens with zero attached hydrogens (tertiary/aromatic N) is 1. The second-order valence-corrected chi connectivity index (χ2v) is 9.13. The quantitative estimate of drug-likeness (QED) is 0.694. The van der Waals surface area contributed by atoms with Crippen LogP contribution < -0.4 is 0 Å². The second-order valence-electron chi connectivity index (χ2n) is 7.05. The standard InChI is InChI=1S/C17H20ClNO3S.C2H6/c1-17(2,3)16-19-13-8-7-12(18)15(14(13)22-16)23(21)11-6-4-5-10(20)9-11;1-2/h7-8,11H,4-6,9H2,1-3H3;1-2H3. The van der Waals surface area contributed by atoms with Gasteiger partial charge in [0.25, 0.3) is 0 Å². The molecule has 0 bridgehead atoms. The van der Waals surface area contributed by atoms with E-state index in [4.69, 9.17) is 16.0 Å². The minimum Gasteiger partial charge on any atom is -0.439 e. The van der Waals surface area contributed by atoms with Crippen LogP contribution in [0, 0.1) is 0 Å². The van der Waals surface area contributed by atoms with Crippen molar-refractivity contribution < 1.29 is 13.4 Å². The van der Waals surface area contributed by atoms with Crippen molar-refractivity contribution in [1.29, 1.82) is 0 Å². The number of hydrogen-bond acceptors (Lipinski definition) is 4. The van der Waals surface area contributed by atoms with E-state index >= 15 is 0 Å². The molecular weight excluding hydrogens is 358 g/mol. The van der Waals surface area contributed by atoms with Crippen molar-refractivity contribution in [2.75, 3.05) is 0 Å². The fraction of sp³-hybridized carbons (Fsp3) is 0.579. The van der Waals surface area contributed by atoms with Crippen LogP contribution in [0.25, 0.3) is 11.1 Å². The lowest BCUT2D eigenvalue weighted by molar-refractivity contribution is -0.120. The highest BCUT2D eigenvalue weighted by Crippen LogP contribution is 2.36. The molecule has 4 nitrogen and oxygen atoms in total. The van der Waals surface area contributed by atoms with Gasteiger partial charge in [-0.15, -0.1) is 0 Å². The molecule has 0 saturated heterocycles. The van der Waals surface area contributed by atoms with Gasteiger partial charge in [-0.25, -0.2) is 4.98 Å². The van der Waals surface area contributed by atoms with Crippen LogP contribution in [-0.2, 0) is 21.0 Å². The number of fused-ring (bicyclic) bond motifs is 1. The van der Waals surface area contributed by atoms with Crippen LogP contribution in [0.15, 0.2) is 21.4 Å². The normalized spacial score (nSPS) is 19.4. The lowest BCUT2D eigenvalue weighted by atomic mass is 9.97. The number of Topliss-reactive ketones (excluding diaryl/α,β-unsaturated/α-hetero) is 1. The van der Waals surface area contributed by atoms with Crippen LogP contribution in [0.3, 0.4) is 0 Å². The van der Waals surface area contributed by atoms with Gasteiger partial charge in [-0.05, 0) is 25.0 Å². The monoisotopic (exact) mass is 383 g/mol. The molecule has 6 heteroatoms. The van der Waals surface area contributed by atoms with Gasteiger partial charge < -0.3 is 4.42 Å². The van der Waals surface area contributed by atoms with Crippen LogP contribution in [0.5, 0.6) is 0 Å². The Hall–Kier alpha value is -1.20. The fourth-order valence-electron chi connectivity index (χ4n) is 2.79. The van der Waals surface area contributed by atoms with Crippen molar-refractivity contribution in [3.8, 4) is 0 Å². The maximum absolute atomic E-state index is 13.0. The first-order valence-corrected chi connectivity index (χ1v) is 10.4. The van der Waals surface area contributed by atoms with Crippen molar-refractivity contribution in [3.05, 3.63) is 23.0 Å². The highest BCUT2D eigenvalue weighted by Gasteiger charge is 2.30. The lowest BCUT2D eigenvalue weighted by Crippen LogP contribution is -2.24. The van der Waals surface area contributed by atoms with Crippen LogP contribution in [0.2, 0.25) is 5.02 Å². The van der Waals surface area contributed by atoms with E-state index in [1.165, 1.54) is 0 Å². The van der Waals surface area contributed by atoms with Crippen LogP contribution in [0.1, 0.15) is 66.2 Å². The van der Waals surface area contributed by atoms with Gasteiger partial charge in [0.1, 0.15) is 16.2 Å². The third-order valence-corrected chi connectivity index (χ3v) is 6.29. The number of aromatic nitrogens is 1. The Bertz CT molecular complexity index is 792. The zero-order valence-electron chi connectivity index (χ0n) is 15.5. The predicted molar refractivity (Wildman–Crippen MR) is 103 cm³/mol. The molecule has 2 atom stereocenters. The Balaban J connectivity index is 0.00000109. The van der Waals surface area contributed by atoms with E-state index < -0.39 is 10.8 Å². The number of rotatable bonds is 2. The summed E-state index contributed by atoms with van der Waals surface area (Å²) < 4.78 is 18.9. The van der Waals surface area contributed by atoms with E-state index in [9.17, 15) is 9.00 Å². The number of oxazole rings is 1. The number of hydrogen-bond donors (Lipinski definition) is 0. The van der Waals surface area contributed by atoms with Crippen molar-refractivity contribution in [3.63, 3.8) is 0 Å². The topological polar surface area (TPSA) is 60.2 Å². The van der Waals surface area contributed by atoms with E-state index in [0.717, 1.165) is 12.8 Å². The molecule has 1 aromatic carbocycles. The third kappa shape index (κ3) is 4.32. The van der Waals surface area contributed by atoms with Gasteiger partial charge in [0.15, 0.2) is 5.58 Å². The van der Waals surface area contributed by atoms with E-state index in [1.807, 2.05) is 34.6 Å². The minimum absolute atomic E-state index is 0.172. The molecule has 3 rings (SSSR count). The average molecular weight is 384 g/mol. The molecule has 1 aromatic heterocycles. The third-order valence-electron chi connectivity index (χ3n) is 4.05. The molecule has 1 saturated carbocycles. The fourth-order valence-corrected chi connectivity index (χ4v) is 4.80. The molecule has 1 fully saturated rings. The molecule has 1 aliphatic carbocycles. The van der Waals surface area contributed by atoms with E-state index in [0.29, 0.717) is 39.8 Å². The predicted octanol–water partition coefficient (Wildman–Crippen LogP) is 5.42. The van der Waals surface area contributed by atoms with Gasteiger partial charge in [-0.2, -0.15) is 0 Å². The Morgan fingerprint density at radius 1 is 1.28 bits per heavy atom. The number of ketones is 1. The Labute approximate surface area is 156 Å². The van der Waals surface area contributed by atoms with Crippen molar-refractivity contribution in [1.82, 2.24) is 4.98 Å². The summed E-state index contributed by atoms with van der Waals surface area (Å²) in [5.41, 5.74) is 0.897. The van der Waals surface area contributed by atoms with Gasteiger partial charge in [0.2, 0.25) is 5.89 Å². The Morgan fingerprint density at radius 3 is 2.56 bits per heavy atom. The number of halogens is 1. The highest BCUT2D eigenvalue weighted by molar-refractivity contribution is 7.86. The minimum atomic E-state index is -1.38. The largest absolute Gasteiger partial charge is 0.439 e. The zero-order chi connectivity index (χ0) is 18.8. The zero-order valence-corrected chi connectivity index (χ0v) is 17.1. The van der Waals surface area contributed by atoms with Crippen molar-refractivity contribution >= 4 is 39.3 Å². The molecule has 0 N–H and O–H groups in total. The summed E-state index contributed by atoms with van der Waals surface area (Å²) in [6, 6.07) is 3.49. The first kappa shape index (κ1) is 20.1. The highest BCUT2D eigenvalue weighted by atomic mass is 35.5. The first-order valence-electron chi connectivity index (χ1n) is 8.79. The van der Waals surface area contributed by atoms with Gasteiger partial charge in [-0.3, -0.25) is 9.00 Å². The number of benzene rings is 1. The average Bonchev–Trinajstić information content (AvgIpc) is 3.00. The Morgan fingerprint density at radius 2 is 1.96 bits per heavy atom. The molecule has 1 aliphatic rings. The SMILES string of the molecule is CC.CC(C)(C)c1nc2ccc(Cl)c(S(=O)C3CCCC(=O)C3)c2o1. The van der Waals surface area contributed by atoms with E-state index in [2.05, 4.69) is 4.98 Å². The number of carbonyl (C=O) groups is 1. The lowest BCUT2D eigenvalue weighted by Gasteiger charge is -2.20.